The van der Waals surface area contributed by atoms with Crippen LogP contribution in [0.15, 0.2) is 6.07 Å². The van der Waals surface area contributed by atoms with E-state index < -0.39 is 26.9 Å². The summed E-state index contributed by atoms with van der Waals surface area (Å²) in [5.41, 5.74) is 4.17. The fraction of sp³-hybridized carbons (Fsp3) is 0.652. The lowest BCUT2D eigenvalue weighted by Gasteiger charge is -2.39. The van der Waals surface area contributed by atoms with Gasteiger partial charge in [0.15, 0.2) is 0 Å². The SMILES string of the molecule is C[C@@H]1CC(=O)[C@@](C)(CS(=O)(=O)NC(=O)Nc2c3c(cc4c2CCC4)CCC3)C1(C)C. The van der Waals surface area contributed by atoms with Crippen LogP contribution in [0.4, 0.5) is 10.5 Å². The molecule has 0 saturated heterocycles. The Hall–Kier alpha value is -1.89. The summed E-state index contributed by atoms with van der Waals surface area (Å²) in [4.78, 5) is 25.4. The van der Waals surface area contributed by atoms with Crippen LogP contribution in [-0.4, -0.2) is 26.0 Å². The maximum absolute atomic E-state index is 12.9. The lowest BCUT2D eigenvalue weighted by Crippen LogP contribution is -2.47. The summed E-state index contributed by atoms with van der Waals surface area (Å²) in [5.74, 6) is -0.341. The third-order valence-corrected chi connectivity index (χ3v) is 9.65. The van der Waals surface area contributed by atoms with Crippen LogP contribution in [-0.2, 0) is 40.5 Å². The number of aryl methyl sites for hydroxylation is 2. The number of hydrogen-bond donors (Lipinski definition) is 2. The van der Waals surface area contributed by atoms with Gasteiger partial charge in [-0.15, -0.1) is 0 Å². The normalized spacial score (nSPS) is 27.1. The quantitative estimate of drug-likeness (QED) is 0.758. The summed E-state index contributed by atoms with van der Waals surface area (Å²) in [6.45, 7) is 7.57. The van der Waals surface area contributed by atoms with E-state index in [1.54, 1.807) is 6.92 Å². The van der Waals surface area contributed by atoms with Crippen molar-refractivity contribution in [2.75, 3.05) is 11.1 Å². The first-order chi connectivity index (χ1) is 13.9. The highest BCUT2D eigenvalue weighted by atomic mass is 32.2. The molecule has 0 radical (unpaired) electrons. The van der Waals surface area contributed by atoms with E-state index in [9.17, 15) is 18.0 Å². The summed E-state index contributed by atoms with van der Waals surface area (Å²) in [7, 11) is -3.98. The van der Waals surface area contributed by atoms with Gasteiger partial charge < -0.3 is 5.32 Å². The molecule has 0 bridgehead atoms. The van der Waals surface area contributed by atoms with Crippen LogP contribution in [0.25, 0.3) is 0 Å². The molecule has 0 heterocycles. The van der Waals surface area contributed by atoms with Crippen molar-refractivity contribution in [1.29, 1.82) is 0 Å². The minimum absolute atomic E-state index is 0.0514. The maximum Gasteiger partial charge on any atom is 0.332 e. The Bertz CT molecular complexity index is 996. The highest BCUT2D eigenvalue weighted by Crippen LogP contribution is 2.54. The Morgan fingerprint density at radius 2 is 1.63 bits per heavy atom. The van der Waals surface area contributed by atoms with Crippen LogP contribution < -0.4 is 10.0 Å². The second kappa shape index (κ2) is 7.08. The fourth-order valence-corrected chi connectivity index (χ4v) is 7.29. The van der Waals surface area contributed by atoms with Gasteiger partial charge in [0.25, 0.3) is 0 Å². The van der Waals surface area contributed by atoms with Crippen LogP contribution in [0.2, 0.25) is 0 Å². The molecule has 2 atom stereocenters. The molecule has 6 nitrogen and oxygen atoms in total. The Balaban J connectivity index is 1.54. The zero-order chi connectivity index (χ0) is 21.9. The van der Waals surface area contributed by atoms with E-state index in [0.717, 1.165) is 55.3 Å². The van der Waals surface area contributed by atoms with Crippen LogP contribution >= 0.6 is 0 Å². The number of carbonyl (C=O) groups is 2. The first-order valence-electron chi connectivity index (χ1n) is 11.0. The molecule has 3 aliphatic carbocycles. The number of urea groups is 1. The van der Waals surface area contributed by atoms with Crippen molar-refractivity contribution in [2.45, 2.75) is 72.6 Å². The fourth-order valence-electron chi connectivity index (χ4n) is 5.59. The molecule has 0 aromatic heterocycles. The largest absolute Gasteiger partial charge is 0.332 e. The van der Waals surface area contributed by atoms with Gasteiger partial charge in [-0.2, -0.15) is 0 Å². The molecule has 3 aliphatic rings. The molecule has 7 heteroatoms. The van der Waals surface area contributed by atoms with Crippen molar-refractivity contribution in [3.05, 3.63) is 28.3 Å². The molecule has 0 unspecified atom stereocenters. The molecular weight excluding hydrogens is 400 g/mol. The highest BCUT2D eigenvalue weighted by Gasteiger charge is 2.57. The van der Waals surface area contributed by atoms with Gasteiger partial charge in [0, 0.05) is 17.5 Å². The number of ketones is 1. The van der Waals surface area contributed by atoms with E-state index in [4.69, 9.17) is 0 Å². The first-order valence-corrected chi connectivity index (χ1v) is 12.6. The number of hydrogen-bond acceptors (Lipinski definition) is 4. The van der Waals surface area contributed by atoms with Crippen LogP contribution in [0.1, 0.15) is 69.2 Å². The van der Waals surface area contributed by atoms with Gasteiger partial charge in [-0.3, -0.25) is 4.79 Å². The monoisotopic (exact) mass is 432 g/mol. The summed E-state index contributed by atoms with van der Waals surface area (Å²) in [5, 5.41) is 2.86. The molecule has 0 aliphatic heterocycles. The molecule has 1 fully saturated rings. The molecule has 1 aromatic rings. The molecule has 30 heavy (non-hydrogen) atoms. The zero-order valence-electron chi connectivity index (χ0n) is 18.4. The summed E-state index contributed by atoms with van der Waals surface area (Å²) in [6.07, 6.45) is 6.30. The van der Waals surface area contributed by atoms with Crippen molar-refractivity contribution in [1.82, 2.24) is 4.72 Å². The second-order valence-electron chi connectivity index (χ2n) is 10.1. The number of rotatable bonds is 4. The molecule has 1 aromatic carbocycles. The number of anilines is 1. The lowest BCUT2D eigenvalue weighted by molar-refractivity contribution is -0.126. The van der Waals surface area contributed by atoms with Gasteiger partial charge >= 0.3 is 6.03 Å². The minimum Gasteiger partial charge on any atom is -0.307 e. The average Bonchev–Trinajstić information content (AvgIpc) is 3.31. The molecule has 164 valence electrons. The van der Waals surface area contributed by atoms with E-state index in [1.807, 2.05) is 20.8 Å². The number of fused-ring (bicyclic) bond motifs is 2. The van der Waals surface area contributed by atoms with Crippen molar-refractivity contribution < 1.29 is 18.0 Å². The second-order valence-corrected chi connectivity index (χ2v) is 11.9. The Morgan fingerprint density at radius 3 is 2.13 bits per heavy atom. The van der Waals surface area contributed by atoms with Gasteiger partial charge in [-0.1, -0.05) is 33.8 Å². The standard InChI is InChI=1S/C23H32N2O4S/c1-14-11-19(26)23(4,22(14,2)3)13-30(28,29)25-21(27)24-20-17-9-5-7-15(17)12-16-8-6-10-18(16)20/h12,14H,5-11,13H2,1-4H3,(H2,24,25,27)/t14-,23-/m1/s1. The van der Waals surface area contributed by atoms with Crippen molar-refractivity contribution in [3.8, 4) is 0 Å². The number of sulfonamides is 1. The minimum atomic E-state index is -3.98. The average molecular weight is 433 g/mol. The van der Waals surface area contributed by atoms with Gasteiger partial charge in [-0.25, -0.2) is 17.9 Å². The molecule has 4 rings (SSSR count). The molecule has 2 amide bonds. The molecule has 1 saturated carbocycles. The van der Waals surface area contributed by atoms with E-state index in [-0.39, 0.29) is 17.5 Å². The molecule has 0 spiro atoms. The number of carbonyl (C=O) groups excluding carboxylic acids is 2. The maximum atomic E-state index is 12.9. The zero-order valence-corrected chi connectivity index (χ0v) is 19.2. The van der Waals surface area contributed by atoms with Gasteiger partial charge in [0.05, 0.1) is 5.75 Å². The van der Waals surface area contributed by atoms with Crippen LogP contribution in [0.3, 0.4) is 0 Å². The van der Waals surface area contributed by atoms with E-state index in [0.29, 0.717) is 6.42 Å². The molecular formula is C23H32N2O4S. The lowest BCUT2D eigenvalue weighted by atomic mass is 9.67. The number of nitrogens with one attached hydrogen (secondary N) is 2. The number of amides is 2. The van der Waals surface area contributed by atoms with E-state index in [1.165, 1.54) is 11.1 Å². The summed E-state index contributed by atoms with van der Waals surface area (Å²) >= 11 is 0. The smallest absolute Gasteiger partial charge is 0.307 e. The predicted molar refractivity (Wildman–Crippen MR) is 117 cm³/mol. The van der Waals surface area contributed by atoms with Crippen molar-refractivity contribution in [3.63, 3.8) is 0 Å². The van der Waals surface area contributed by atoms with Gasteiger partial charge in [0.2, 0.25) is 10.0 Å². The predicted octanol–water partition coefficient (Wildman–Crippen LogP) is 3.76. The van der Waals surface area contributed by atoms with E-state index >= 15 is 0 Å². The van der Waals surface area contributed by atoms with Crippen molar-refractivity contribution >= 4 is 27.5 Å². The topological polar surface area (TPSA) is 92.3 Å². The number of benzene rings is 1. The third-order valence-electron chi connectivity index (χ3n) is 8.20. The highest BCUT2D eigenvalue weighted by molar-refractivity contribution is 7.90. The van der Waals surface area contributed by atoms with E-state index in [2.05, 4.69) is 16.1 Å². The first kappa shape index (κ1) is 21.3. The van der Waals surface area contributed by atoms with Crippen molar-refractivity contribution in [2.24, 2.45) is 16.7 Å². The van der Waals surface area contributed by atoms with Gasteiger partial charge in [-0.05, 0) is 72.1 Å². The summed E-state index contributed by atoms with van der Waals surface area (Å²) < 4.78 is 27.9. The van der Waals surface area contributed by atoms with Crippen LogP contribution in [0.5, 0.6) is 0 Å². The molecule has 2 N–H and O–H groups in total. The van der Waals surface area contributed by atoms with Gasteiger partial charge in [0.1, 0.15) is 5.78 Å². The van der Waals surface area contributed by atoms with Crippen LogP contribution in [0, 0.1) is 16.7 Å². The Morgan fingerprint density at radius 1 is 1.07 bits per heavy atom. The third kappa shape index (κ3) is 3.35. The Labute approximate surface area is 179 Å². The Kier molecular flexibility index (Phi) is 5.03. The number of Topliss-reactive ketones (excluding diaryl/α,β-unsaturated/α-hetero) is 1. The summed E-state index contributed by atoms with van der Waals surface area (Å²) in [6, 6.07) is 1.53.